The first-order chi connectivity index (χ1) is 17.7. The molecule has 1 unspecified atom stereocenters. The molecule has 0 radical (unpaired) electrons. The maximum absolute atomic E-state index is 12.6. The number of para-hydroxylation sites is 1. The van der Waals surface area contributed by atoms with E-state index in [1.165, 1.54) is 4.68 Å². The van der Waals surface area contributed by atoms with Gasteiger partial charge in [0.25, 0.3) is 0 Å². The first-order valence-corrected chi connectivity index (χ1v) is 12.2. The number of H-pyrrole nitrogens is 1. The molecule has 3 aromatic heterocycles. The van der Waals surface area contributed by atoms with Crippen LogP contribution < -0.4 is 4.74 Å². The zero-order chi connectivity index (χ0) is 26.2. The number of aromatic amines is 1. The highest BCUT2D eigenvalue weighted by Crippen LogP contribution is 2.29. The summed E-state index contributed by atoms with van der Waals surface area (Å²) in [7, 11) is 0. The minimum atomic E-state index is -0.615. The van der Waals surface area contributed by atoms with Gasteiger partial charge in [-0.3, -0.25) is 4.98 Å². The smallest absolute Gasteiger partial charge is 0.435 e. The molecule has 0 aliphatic rings. The summed E-state index contributed by atoms with van der Waals surface area (Å²) >= 11 is 0. The first kappa shape index (κ1) is 24.5. The second-order valence-corrected chi connectivity index (χ2v) is 10.1. The molecule has 0 aliphatic carbocycles. The van der Waals surface area contributed by atoms with Gasteiger partial charge in [0.05, 0.1) is 24.0 Å². The van der Waals surface area contributed by atoms with E-state index in [9.17, 15) is 9.90 Å². The Hall–Kier alpha value is -4.17. The number of carbonyl (C=O) groups excluding carboxylic acids is 1. The molecule has 2 aromatic carbocycles. The van der Waals surface area contributed by atoms with Crippen LogP contribution in [0.2, 0.25) is 0 Å². The molecular weight excluding hydrogens is 468 g/mol. The standard InChI is InChI=1S/C29H30N4O4/c1-18-25-13-19(9-10-27(25)33(32-18)28(35)37-29(2,3)4)20-11-22(16-30-14-20)36-23(17-34)12-21-15-31-26-8-6-5-7-24(21)26/h5-11,13-16,23,31,34H,12,17H2,1-4H3. The third kappa shape index (κ3) is 5.20. The van der Waals surface area contributed by atoms with Gasteiger partial charge in [0, 0.05) is 40.7 Å². The number of aryl methyl sites for hydroxylation is 1. The number of nitrogens with zero attached hydrogens (tertiary/aromatic N) is 3. The van der Waals surface area contributed by atoms with Gasteiger partial charge in [0.15, 0.2) is 0 Å². The number of hydrogen-bond acceptors (Lipinski definition) is 6. The molecular formula is C29H30N4O4. The van der Waals surface area contributed by atoms with Crippen LogP contribution in [0.5, 0.6) is 5.75 Å². The van der Waals surface area contributed by atoms with Crippen LogP contribution in [0.1, 0.15) is 32.0 Å². The SMILES string of the molecule is Cc1nn(C(=O)OC(C)(C)C)c2ccc(-c3cncc(OC(CO)Cc4c[nH]c5ccccc45)c3)cc12. The number of aromatic nitrogens is 4. The van der Waals surface area contributed by atoms with Gasteiger partial charge in [-0.1, -0.05) is 24.3 Å². The summed E-state index contributed by atoms with van der Waals surface area (Å²) in [5.74, 6) is 0.567. The highest BCUT2D eigenvalue weighted by Gasteiger charge is 2.21. The van der Waals surface area contributed by atoms with Gasteiger partial charge in [-0.05, 0) is 63.1 Å². The van der Waals surface area contributed by atoms with Crippen molar-refractivity contribution >= 4 is 27.9 Å². The predicted octanol–water partition coefficient (Wildman–Crippen LogP) is 5.65. The van der Waals surface area contributed by atoms with E-state index in [2.05, 4.69) is 21.1 Å². The van der Waals surface area contributed by atoms with Gasteiger partial charge in [-0.25, -0.2) is 4.79 Å². The molecule has 5 rings (SSSR count). The van der Waals surface area contributed by atoms with Crippen LogP contribution in [0, 0.1) is 6.92 Å². The van der Waals surface area contributed by atoms with Crippen LogP contribution in [-0.4, -0.2) is 49.3 Å². The minimum Gasteiger partial charge on any atom is -0.486 e. The molecule has 37 heavy (non-hydrogen) atoms. The molecule has 3 heterocycles. The van der Waals surface area contributed by atoms with Crippen LogP contribution in [-0.2, 0) is 11.2 Å². The molecule has 0 bridgehead atoms. The quantitative estimate of drug-likeness (QED) is 0.313. The van der Waals surface area contributed by atoms with Crippen molar-refractivity contribution in [2.75, 3.05) is 6.61 Å². The number of aliphatic hydroxyl groups is 1. The van der Waals surface area contributed by atoms with E-state index >= 15 is 0 Å². The molecule has 0 fully saturated rings. The number of aliphatic hydroxyl groups excluding tert-OH is 1. The summed E-state index contributed by atoms with van der Waals surface area (Å²) in [5, 5.41) is 16.4. The van der Waals surface area contributed by atoms with Gasteiger partial charge >= 0.3 is 6.09 Å². The topological polar surface area (TPSA) is 102 Å². The Morgan fingerprint density at radius 1 is 1.08 bits per heavy atom. The molecule has 2 N–H and O–H groups in total. The van der Waals surface area contributed by atoms with Crippen LogP contribution in [0.25, 0.3) is 32.9 Å². The van der Waals surface area contributed by atoms with Crippen molar-refractivity contribution < 1.29 is 19.4 Å². The number of pyridine rings is 1. The molecule has 190 valence electrons. The third-order valence-corrected chi connectivity index (χ3v) is 6.11. The van der Waals surface area contributed by atoms with E-state index in [-0.39, 0.29) is 6.61 Å². The van der Waals surface area contributed by atoms with Gasteiger partial charge in [0.1, 0.15) is 17.5 Å². The molecule has 0 spiro atoms. The van der Waals surface area contributed by atoms with Gasteiger partial charge < -0.3 is 19.6 Å². The molecule has 1 atom stereocenters. The maximum Gasteiger partial charge on any atom is 0.435 e. The fourth-order valence-electron chi connectivity index (χ4n) is 4.42. The summed E-state index contributed by atoms with van der Waals surface area (Å²) in [5.41, 5.74) is 4.69. The Kier molecular flexibility index (Phi) is 6.43. The lowest BCUT2D eigenvalue weighted by Crippen LogP contribution is -2.27. The number of nitrogens with one attached hydrogen (secondary N) is 1. The van der Waals surface area contributed by atoms with E-state index in [1.807, 2.05) is 76.4 Å². The Morgan fingerprint density at radius 2 is 1.89 bits per heavy atom. The number of ether oxygens (including phenoxy) is 2. The number of fused-ring (bicyclic) bond motifs is 2. The number of rotatable bonds is 6. The second-order valence-electron chi connectivity index (χ2n) is 10.1. The molecule has 0 saturated heterocycles. The van der Waals surface area contributed by atoms with E-state index in [1.54, 1.807) is 12.4 Å². The van der Waals surface area contributed by atoms with Crippen molar-refractivity contribution in [3.8, 4) is 16.9 Å². The van der Waals surface area contributed by atoms with Crippen molar-refractivity contribution in [1.29, 1.82) is 0 Å². The highest BCUT2D eigenvalue weighted by molar-refractivity contribution is 5.92. The van der Waals surface area contributed by atoms with Crippen molar-refractivity contribution in [2.24, 2.45) is 0 Å². The van der Waals surface area contributed by atoms with Crippen LogP contribution >= 0.6 is 0 Å². The lowest BCUT2D eigenvalue weighted by molar-refractivity contribution is 0.0522. The lowest BCUT2D eigenvalue weighted by Gasteiger charge is -2.19. The first-order valence-electron chi connectivity index (χ1n) is 12.2. The van der Waals surface area contributed by atoms with E-state index in [0.29, 0.717) is 17.7 Å². The van der Waals surface area contributed by atoms with E-state index in [0.717, 1.165) is 38.7 Å². The van der Waals surface area contributed by atoms with E-state index < -0.39 is 17.8 Å². The van der Waals surface area contributed by atoms with Crippen molar-refractivity contribution in [2.45, 2.75) is 45.8 Å². The molecule has 0 saturated carbocycles. The molecule has 5 aromatic rings. The van der Waals surface area contributed by atoms with Gasteiger partial charge in [-0.2, -0.15) is 9.78 Å². The van der Waals surface area contributed by atoms with Crippen molar-refractivity contribution in [3.63, 3.8) is 0 Å². The number of carbonyl (C=O) groups is 1. The van der Waals surface area contributed by atoms with Crippen LogP contribution in [0.15, 0.2) is 67.1 Å². The Balaban J connectivity index is 1.38. The normalized spacial score (nSPS) is 12.7. The summed E-state index contributed by atoms with van der Waals surface area (Å²) in [6, 6.07) is 15.7. The summed E-state index contributed by atoms with van der Waals surface area (Å²) in [6.45, 7) is 7.21. The molecule has 0 amide bonds. The van der Waals surface area contributed by atoms with Crippen LogP contribution in [0.4, 0.5) is 4.79 Å². The van der Waals surface area contributed by atoms with Gasteiger partial charge in [-0.15, -0.1) is 0 Å². The largest absolute Gasteiger partial charge is 0.486 e. The zero-order valence-electron chi connectivity index (χ0n) is 21.4. The molecule has 8 nitrogen and oxygen atoms in total. The zero-order valence-corrected chi connectivity index (χ0v) is 21.4. The van der Waals surface area contributed by atoms with Crippen molar-refractivity contribution in [3.05, 3.63) is 78.4 Å². The van der Waals surface area contributed by atoms with Crippen LogP contribution in [0.3, 0.4) is 0 Å². The molecule has 8 heteroatoms. The lowest BCUT2D eigenvalue weighted by atomic mass is 10.0. The van der Waals surface area contributed by atoms with Gasteiger partial charge in [0.2, 0.25) is 0 Å². The Morgan fingerprint density at radius 3 is 2.68 bits per heavy atom. The average Bonchev–Trinajstić information content (AvgIpc) is 3.43. The summed E-state index contributed by atoms with van der Waals surface area (Å²) in [4.78, 5) is 20.3. The third-order valence-electron chi connectivity index (χ3n) is 6.11. The predicted molar refractivity (Wildman–Crippen MR) is 143 cm³/mol. The minimum absolute atomic E-state index is 0.126. The summed E-state index contributed by atoms with van der Waals surface area (Å²) in [6.07, 6.45) is 4.98. The maximum atomic E-state index is 12.6. The average molecular weight is 499 g/mol. The summed E-state index contributed by atoms with van der Waals surface area (Å²) < 4.78 is 12.9. The second kappa shape index (κ2) is 9.71. The fraction of sp³-hybridized carbons (Fsp3) is 0.276. The fourth-order valence-corrected chi connectivity index (χ4v) is 4.42. The Labute approximate surface area is 214 Å². The highest BCUT2D eigenvalue weighted by atomic mass is 16.6. The Bertz CT molecular complexity index is 1580. The molecule has 0 aliphatic heterocycles. The van der Waals surface area contributed by atoms with E-state index in [4.69, 9.17) is 9.47 Å². The number of benzene rings is 2. The number of hydrogen-bond donors (Lipinski definition) is 2. The monoisotopic (exact) mass is 498 g/mol. The van der Waals surface area contributed by atoms with Crippen molar-refractivity contribution in [1.82, 2.24) is 19.7 Å².